The Morgan fingerprint density at radius 3 is 0.756 bits per heavy atom. The van der Waals surface area contributed by atoms with E-state index < -0.39 is 0 Å². The van der Waals surface area contributed by atoms with Crippen LogP contribution in [-0.4, -0.2) is 0 Å². The third kappa shape index (κ3) is 5.38. The van der Waals surface area contributed by atoms with Crippen molar-refractivity contribution in [3.8, 4) is 22.3 Å². The molecule has 0 atom stereocenters. The summed E-state index contributed by atoms with van der Waals surface area (Å²) in [6.45, 7) is 8.00. The van der Waals surface area contributed by atoms with E-state index in [0.29, 0.717) is 0 Å². The summed E-state index contributed by atoms with van der Waals surface area (Å²) in [6.07, 6.45) is 0.853. The van der Waals surface area contributed by atoms with Crippen molar-refractivity contribution in [3.63, 3.8) is 0 Å². The van der Waals surface area contributed by atoms with Gasteiger partial charge in [0, 0.05) is 0 Å². The van der Waals surface area contributed by atoms with Gasteiger partial charge in [-0.25, -0.2) is 0 Å². The second-order valence-corrected chi connectivity index (χ2v) is 10.8. The molecule has 0 bridgehead atoms. The molecule has 0 radical (unpaired) electrons. The Balaban J connectivity index is 0.000000860. The predicted molar refractivity (Wildman–Crippen MR) is 199 cm³/mol. The molecular formula is C45H40. The Morgan fingerprint density at radius 2 is 0.489 bits per heavy atom. The molecule has 0 unspecified atom stereocenters. The fraction of sp³-hybridized carbons (Fsp3) is 0.111. The van der Waals surface area contributed by atoms with Gasteiger partial charge in [-0.05, 0) is 82.9 Å². The van der Waals surface area contributed by atoms with Crippen molar-refractivity contribution in [3.05, 3.63) is 169 Å². The highest BCUT2D eigenvalue weighted by Gasteiger charge is 2.19. The minimum Gasteiger partial charge on any atom is -0.0683 e. The first-order valence-electron chi connectivity index (χ1n) is 16.3. The van der Waals surface area contributed by atoms with Gasteiger partial charge in [0.2, 0.25) is 0 Å². The Morgan fingerprint density at radius 1 is 0.267 bits per heavy atom. The molecule has 0 aliphatic carbocycles. The lowest BCUT2D eigenvalue weighted by Gasteiger charge is -2.20. The van der Waals surface area contributed by atoms with Crippen molar-refractivity contribution in [2.45, 2.75) is 34.1 Å². The second kappa shape index (κ2) is 13.6. The monoisotopic (exact) mass is 580 g/mol. The molecule has 0 aromatic heterocycles. The molecule has 0 aliphatic heterocycles. The van der Waals surface area contributed by atoms with Crippen molar-refractivity contribution in [1.82, 2.24) is 0 Å². The van der Waals surface area contributed by atoms with Gasteiger partial charge in [-0.2, -0.15) is 0 Å². The molecule has 8 aromatic rings. The van der Waals surface area contributed by atoms with E-state index in [0.717, 1.165) is 6.42 Å². The molecule has 0 heteroatoms. The van der Waals surface area contributed by atoms with Gasteiger partial charge in [0.1, 0.15) is 0 Å². The van der Waals surface area contributed by atoms with Crippen LogP contribution in [0, 0.1) is 0 Å². The van der Waals surface area contributed by atoms with Crippen LogP contribution < -0.4 is 0 Å². The van der Waals surface area contributed by atoms with E-state index in [4.69, 9.17) is 0 Å². The van der Waals surface area contributed by atoms with Gasteiger partial charge in [-0.15, -0.1) is 0 Å². The smallest absolute Gasteiger partial charge is 0.000110 e. The van der Waals surface area contributed by atoms with E-state index >= 15 is 0 Å². The maximum absolute atomic E-state index is 2.31. The Labute approximate surface area is 267 Å². The van der Waals surface area contributed by atoms with Crippen LogP contribution in [0.15, 0.2) is 158 Å². The van der Waals surface area contributed by atoms with Crippen LogP contribution in [0.25, 0.3) is 65.3 Å². The summed E-state index contributed by atoms with van der Waals surface area (Å²) < 4.78 is 0. The van der Waals surface area contributed by atoms with Crippen LogP contribution in [0.2, 0.25) is 0 Å². The van der Waals surface area contributed by atoms with Crippen LogP contribution >= 0.6 is 0 Å². The maximum atomic E-state index is 2.31. The fourth-order valence-corrected chi connectivity index (χ4v) is 6.83. The van der Waals surface area contributed by atoms with Crippen molar-refractivity contribution in [1.29, 1.82) is 0 Å². The largest absolute Gasteiger partial charge is 0.0683 e. The molecule has 0 amide bonds. The summed E-state index contributed by atoms with van der Waals surface area (Å²) in [7, 11) is 0. The van der Waals surface area contributed by atoms with Crippen LogP contribution in [0.1, 0.15) is 38.8 Å². The van der Waals surface area contributed by atoms with Gasteiger partial charge in [0.15, 0.2) is 0 Å². The summed E-state index contributed by atoms with van der Waals surface area (Å²) >= 11 is 0. The highest BCUT2D eigenvalue weighted by molar-refractivity contribution is 6.17. The SMILES string of the molecule is CC.CC.c1ccc(-c2c3ccccc3c(Cc3c4ccccc4c(-c4ccccc4)c4ccccc34)c3ccccc23)cc1. The molecule has 0 spiro atoms. The minimum atomic E-state index is 0.853. The number of benzene rings is 8. The molecule has 220 valence electrons. The zero-order chi connectivity index (χ0) is 31.2. The molecule has 0 fully saturated rings. The molecule has 0 saturated carbocycles. The molecule has 8 aromatic carbocycles. The molecule has 0 heterocycles. The van der Waals surface area contributed by atoms with E-state index in [1.807, 2.05) is 27.7 Å². The van der Waals surface area contributed by atoms with Crippen molar-refractivity contribution < 1.29 is 0 Å². The van der Waals surface area contributed by atoms with Crippen molar-refractivity contribution in [2.24, 2.45) is 0 Å². The molecule has 0 nitrogen and oxygen atoms in total. The first-order chi connectivity index (χ1) is 22.4. The summed E-state index contributed by atoms with van der Waals surface area (Å²) in [5.41, 5.74) is 7.92. The zero-order valence-electron chi connectivity index (χ0n) is 26.7. The highest BCUT2D eigenvalue weighted by atomic mass is 14.2. The second-order valence-electron chi connectivity index (χ2n) is 10.8. The minimum absolute atomic E-state index is 0.853. The third-order valence-electron chi connectivity index (χ3n) is 8.56. The predicted octanol–water partition coefficient (Wildman–Crippen LogP) is 13.3. The number of rotatable bonds is 4. The van der Waals surface area contributed by atoms with Gasteiger partial charge in [-0.1, -0.05) is 185 Å². The molecular weight excluding hydrogens is 540 g/mol. The standard InChI is InChI=1S/C41H28.2C2H6/c1-3-15-28(16-4-1)40-34-23-11-7-19-30(34)38(31-20-8-12-24-35(31)40)27-39-32-21-9-13-25-36(32)41(29-17-5-2-6-18-29)37-26-14-10-22-33(37)39;2*1-2/h1-26H,27H2;2*1-2H3. The molecule has 8 rings (SSSR count). The highest BCUT2D eigenvalue weighted by Crippen LogP contribution is 2.43. The number of hydrogen-bond donors (Lipinski definition) is 0. The molecule has 0 aliphatic rings. The quantitative estimate of drug-likeness (QED) is 0.182. The van der Waals surface area contributed by atoms with Crippen molar-refractivity contribution >= 4 is 43.1 Å². The lowest BCUT2D eigenvalue weighted by Crippen LogP contribution is -1.98. The summed E-state index contributed by atoms with van der Waals surface area (Å²) in [5, 5.41) is 10.5. The lowest BCUT2D eigenvalue weighted by atomic mass is 9.83. The van der Waals surface area contributed by atoms with E-state index in [1.165, 1.54) is 76.5 Å². The Kier molecular flexibility index (Phi) is 9.04. The molecule has 45 heavy (non-hydrogen) atoms. The first-order valence-corrected chi connectivity index (χ1v) is 16.3. The zero-order valence-corrected chi connectivity index (χ0v) is 26.7. The van der Waals surface area contributed by atoms with E-state index in [9.17, 15) is 0 Å². The van der Waals surface area contributed by atoms with E-state index in [2.05, 4.69) is 158 Å². The average molecular weight is 581 g/mol. The summed E-state index contributed by atoms with van der Waals surface area (Å²) in [5.74, 6) is 0. The Hall–Kier alpha value is -5.20. The normalized spacial score (nSPS) is 10.8. The number of fused-ring (bicyclic) bond motifs is 4. The molecule has 0 N–H and O–H groups in total. The van der Waals surface area contributed by atoms with Crippen LogP contribution in [0.3, 0.4) is 0 Å². The Bertz CT molecular complexity index is 1930. The van der Waals surface area contributed by atoms with Gasteiger partial charge < -0.3 is 0 Å². The summed E-state index contributed by atoms with van der Waals surface area (Å²) in [4.78, 5) is 0. The van der Waals surface area contributed by atoms with Gasteiger partial charge in [0.25, 0.3) is 0 Å². The van der Waals surface area contributed by atoms with Crippen LogP contribution in [0.4, 0.5) is 0 Å². The van der Waals surface area contributed by atoms with Crippen LogP contribution in [0.5, 0.6) is 0 Å². The van der Waals surface area contributed by atoms with E-state index in [1.54, 1.807) is 0 Å². The van der Waals surface area contributed by atoms with Gasteiger partial charge in [0.05, 0.1) is 0 Å². The lowest BCUT2D eigenvalue weighted by molar-refractivity contribution is 1.28. The maximum Gasteiger partial charge on any atom is -0.000110 e. The third-order valence-corrected chi connectivity index (χ3v) is 8.56. The van der Waals surface area contributed by atoms with Crippen LogP contribution in [-0.2, 0) is 6.42 Å². The van der Waals surface area contributed by atoms with Gasteiger partial charge in [-0.3, -0.25) is 0 Å². The van der Waals surface area contributed by atoms with Gasteiger partial charge >= 0.3 is 0 Å². The molecule has 0 saturated heterocycles. The fourth-order valence-electron chi connectivity index (χ4n) is 6.83. The average Bonchev–Trinajstić information content (AvgIpc) is 3.13. The number of hydrogen-bond acceptors (Lipinski definition) is 0. The first kappa shape index (κ1) is 29.9. The summed E-state index contributed by atoms with van der Waals surface area (Å²) in [6, 6.07) is 57.5. The van der Waals surface area contributed by atoms with E-state index in [-0.39, 0.29) is 0 Å². The van der Waals surface area contributed by atoms with Crippen molar-refractivity contribution in [2.75, 3.05) is 0 Å². The topological polar surface area (TPSA) is 0 Å².